The van der Waals surface area contributed by atoms with E-state index in [0.29, 0.717) is 19.4 Å². The van der Waals surface area contributed by atoms with E-state index in [0.717, 1.165) is 18.8 Å². The smallest absolute Gasteiger partial charge is 0.303 e. The van der Waals surface area contributed by atoms with E-state index in [1.165, 1.54) is 0 Å². The number of carbonyl (C=O) groups is 1. The van der Waals surface area contributed by atoms with Crippen molar-refractivity contribution in [2.24, 2.45) is 5.73 Å². The zero-order chi connectivity index (χ0) is 11.1. The van der Waals surface area contributed by atoms with Crippen molar-refractivity contribution in [2.75, 3.05) is 6.54 Å². The van der Waals surface area contributed by atoms with Crippen LogP contribution in [0, 0.1) is 0 Å². The SMILES string of the molecule is NCCCn1ccnc1CCCC(=O)O. The summed E-state index contributed by atoms with van der Waals surface area (Å²) in [6, 6.07) is 0. The van der Waals surface area contributed by atoms with E-state index in [1.54, 1.807) is 6.20 Å². The quantitative estimate of drug-likeness (QED) is 0.693. The van der Waals surface area contributed by atoms with Crippen molar-refractivity contribution in [1.82, 2.24) is 9.55 Å². The molecule has 1 aromatic heterocycles. The van der Waals surface area contributed by atoms with Crippen LogP contribution in [0.3, 0.4) is 0 Å². The lowest BCUT2D eigenvalue weighted by Crippen LogP contribution is -2.08. The number of imidazole rings is 1. The summed E-state index contributed by atoms with van der Waals surface area (Å²) in [5.74, 6) is 0.194. The van der Waals surface area contributed by atoms with Gasteiger partial charge in [-0.3, -0.25) is 4.79 Å². The number of nitrogens with zero attached hydrogens (tertiary/aromatic N) is 2. The second-order valence-corrected chi connectivity index (χ2v) is 3.43. The largest absolute Gasteiger partial charge is 0.481 e. The first-order valence-corrected chi connectivity index (χ1v) is 5.16. The van der Waals surface area contributed by atoms with Gasteiger partial charge in [0.05, 0.1) is 0 Å². The highest BCUT2D eigenvalue weighted by atomic mass is 16.4. The average molecular weight is 211 g/mol. The Morgan fingerprint density at radius 2 is 2.33 bits per heavy atom. The summed E-state index contributed by atoms with van der Waals surface area (Å²) in [5.41, 5.74) is 5.42. The zero-order valence-corrected chi connectivity index (χ0v) is 8.72. The highest BCUT2D eigenvalue weighted by molar-refractivity contribution is 5.66. The van der Waals surface area contributed by atoms with Gasteiger partial charge in [0, 0.05) is 31.8 Å². The van der Waals surface area contributed by atoms with Crippen LogP contribution in [0.15, 0.2) is 12.4 Å². The van der Waals surface area contributed by atoms with Gasteiger partial charge in [-0.05, 0) is 19.4 Å². The molecule has 0 spiro atoms. The molecule has 1 heterocycles. The van der Waals surface area contributed by atoms with Crippen LogP contribution in [0.4, 0.5) is 0 Å². The van der Waals surface area contributed by atoms with Gasteiger partial charge >= 0.3 is 5.97 Å². The average Bonchev–Trinajstić information content (AvgIpc) is 2.62. The molecule has 15 heavy (non-hydrogen) atoms. The van der Waals surface area contributed by atoms with Crippen molar-refractivity contribution < 1.29 is 9.90 Å². The fourth-order valence-electron chi connectivity index (χ4n) is 1.43. The topological polar surface area (TPSA) is 81.1 Å². The highest BCUT2D eigenvalue weighted by Crippen LogP contribution is 2.04. The van der Waals surface area contributed by atoms with Crippen LogP contribution < -0.4 is 5.73 Å². The highest BCUT2D eigenvalue weighted by Gasteiger charge is 2.03. The molecule has 0 aliphatic carbocycles. The lowest BCUT2D eigenvalue weighted by atomic mass is 10.2. The van der Waals surface area contributed by atoms with Crippen LogP contribution in [0.1, 0.15) is 25.1 Å². The Bertz CT molecular complexity index is 309. The molecule has 5 heteroatoms. The van der Waals surface area contributed by atoms with E-state index in [-0.39, 0.29) is 6.42 Å². The Kier molecular flexibility index (Phi) is 4.83. The van der Waals surface area contributed by atoms with Crippen LogP contribution in [0.25, 0.3) is 0 Å². The second-order valence-electron chi connectivity index (χ2n) is 3.43. The molecule has 0 unspecified atom stereocenters. The molecule has 0 radical (unpaired) electrons. The molecule has 0 aliphatic rings. The molecule has 1 rings (SSSR count). The van der Waals surface area contributed by atoms with Crippen LogP contribution in [0.2, 0.25) is 0 Å². The van der Waals surface area contributed by atoms with Crippen LogP contribution in [0.5, 0.6) is 0 Å². The maximum absolute atomic E-state index is 10.3. The van der Waals surface area contributed by atoms with E-state index >= 15 is 0 Å². The minimum Gasteiger partial charge on any atom is -0.481 e. The Hall–Kier alpha value is -1.36. The maximum Gasteiger partial charge on any atom is 0.303 e. The van der Waals surface area contributed by atoms with E-state index in [4.69, 9.17) is 10.8 Å². The number of nitrogens with two attached hydrogens (primary N) is 1. The number of aromatic nitrogens is 2. The summed E-state index contributed by atoms with van der Waals surface area (Å²) in [6.07, 6.45) is 6.11. The van der Waals surface area contributed by atoms with Crippen molar-refractivity contribution in [2.45, 2.75) is 32.2 Å². The van der Waals surface area contributed by atoms with Crippen LogP contribution >= 0.6 is 0 Å². The van der Waals surface area contributed by atoms with Gasteiger partial charge in [-0.25, -0.2) is 4.98 Å². The molecular weight excluding hydrogens is 194 g/mol. The Morgan fingerprint density at radius 3 is 3.00 bits per heavy atom. The molecule has 0 amide bonds. The first kappa shape index (κ1) is 11.7. The molecule has 0 bridgehead atoms. The third-order valence-electron chi connectivity index (χ3n) is 2.20. The normalized spacial score (nSPS) is 10.5. The monoisotopic (exact) mass is 211 g/mol. The number of aliphatic carboxylic acids is 1. The number of hydrogen-bond donors (Lipinski definition) is 2. The fraction of sp³-hybridized carbons (Fsp3) is 0.600. The third-order valence-corrected chi connectivity index (χ3v) is 2.20. The summed E-state index contributed by atoms with van der Waals surface area (Å²) < 4.78 is 2.04. The Balaban J connectivity index is 2.39. The molecule has 0 fully saturated rings. The van der Waals surface area contributed by atoms with Gasteiger partial charge < -0.3 is 15.4 Å². The number of carboxylic acids is 1. The summed E-state index contributed by atoms with van der Waals surface area (Å²) in [6.45, 7) is 1.52. The lowest BCUT2D eigenvalue weighted by molar-refractivity contribution is -0.137. The first-order valence-electron chi connectivity index (χ1n) is 5.16. The standard InChI is InChI=1S/C10H17N3O2/c11-5-2-7-13-8-6-12-9(13)3-1-4-10(14)15/h6,8H,1-5,7,11H2,(H,14,15). The van der Waals surface area contributed by atoms with E-state index in [1.807, 2.05) is 10.8 Å². The van der Waals surface area contributed by atoms with Crippen molar-refractivity contribution in [3.05, 3.63) is 18.2 Å². The number of carboxylic acid groups (broad SMARTS) is 1. The van der Waals surface area contributed by atoms with E-state index < -0.39 is 5.97 Å². The lowest BCUT2D eigenvalue weighted by Gasteiger charge is -2.05. The molecule has 0 aliphatic heterocycles. The summed E-state index contributed by atoms with van der Waals surface area (Å²) >= 11 is 0. The second kappa shape index (κ2) is 6.19. The van der Waals surface area contributed by atoms with Gasteiger partial charge in [-0.1, -0.05) is 0 Å². The summed E-state index contributed by atoms with van der Waals surface area (Å²) in [4.78, 5) is 14.5. The van der Waals surface area contributed by atoms with Gasteiger partial charge in [0.2, 0.25) is 0 Å². The fourth-order valence-corrected chi connectivity index (χ4v) is 1.43. The predicted octanol–water partition coefficient (Wildman–Crippen LogP) is 0.639. The molecule has 0 atom stereocenters. The minimum absolute atomic E-state index is 0.198. The predicted molar refractivity (Wildman–Crippen MR) is 56.5 cm³/mol. The van der Waals surface area contributed by atoms with Gasteiger partial charge in [-0.2, -0.15) is 0 Å². The molecule has 0 aromatic carbocycles. The molecule has 0 saturated heterocycles. The molecule has 3 N–H and O–H groups in total. The molecule has 84 valence electrons. The van der Waals surface area contributed by atoms with E-state index in [2.05, 4.69) is 4.98 Å². The van der Waals surface area contributed by atoms with Gasteiger partial charge in [0.25, 0.3) is 0 Å². The Labute approximate surface area is 88.9 Å². The zero-order valence-electron chi connectivity index (χ0n) is 8.72. The number of aryl methyl sites for hydroxylation is 2. The number of rotatable bonds is 7. The van der Waals surface area contributed by atoms with Crippen molar-refractivity contribution >= 4 is 5.97 Å². The Morgan fingerprint density at radius 1 is 1.53 bits per heavy atom. The van der Waals surface area contributed by atoms with Gasteiger partial charge in [-0.15, -0.1) is 0 Å². The minimum atomic E-state index is -0.755. The summed E-state index contributed by atoms with van der Waals surface area (Å²) in [5, 5.41) is 8.51. The van der Waals surface area contributed by atoms with Gasteiger partial charge in [0.1, 0.15) is 5.82 Å². The van der Waals surface area contributed by atoms with Crippen LogP contribution in [-0.4, -0.2) is 27.2 Å². The van der Waals surface area contributed by atoms with Crippen molar-refractivity contribution in [3.8, 4) is 0 Å². The third kappa shape index (κ3) is 4.12. The van der Waals surface area contributed by atoms with Crippen LogP contribution in [-0.2, 0) is 17.8 Å². The molecule has 1 aromatic rings. The van der Waals surface area contributed by atoms with Crippen molar-refractivity contribution in [1.29, 1.82) is 0 Å². The molecule has 0 saturated carbocycles. The van der Waals surface area contributed by atoms with Gasteiger partial charge in [0.15, 0.2) is 0 Å². The molecule has 5 nitrogen and oxygen atoms in total. The van der Waals surface area contributed by atoms with Crippen molar-refractivity contribution in [3.63, 3.8) is 0 Å². The van der Waals surface area contributed by atoms with E-state index in [9.17, 15) is 4.79 Å². The maximum atomic E-state index is 10.3. The first-order chi connectivity index (χ1) is 7.24. The molecular formula is C10H17N3O2. The number of hydrogen-bond acceptors (Lipinski definition) is 3. The summed E-state index contributed by atoms with van der Waals surface area (Å²) in [7, 11) is 0.